The van der Waals surface area contributed by atoms with E-state index in [1.165, 1.54) is 5.56 Å². The fraction of sp³-hybridized carbons (Fsp3) is 0.455. The Hall–Kier alpha value is -0.280. The van der Waals surface area contributed by atoms with Crippen LogP contribution in [0.25, 0.3) is 0 Å². The van der Waals surface area contributed by atoms with Crippen LogP contribution in [0.15, 0.2) is 18.2 Å². The molecule has 1 N–H and O–H groups in total. The number of benzene rings is 1. The largest absolute Gasteiger partial charge is 0.308 e. The van der Waals surface area contributed by atoms with Gasteiger partial charge in [0.15, 0.2) is 0 Å². The molecule has 0 spiro atoms. The van der Waals surface area contributed by atoms with Gasteiger partial charge in [0.1, 0.15) is 0 Å². The molecule has 0 bridgehead atoms. The molecule has 1 fully saturated rings. The summed E-state index contributed by atoms with van der Waals surface area (Å²) < 4.78 is 0. The quantitative estimate of drug-likeness (QED) is 0.818. The Labute approximate surface area is 100 Å². The molecule has 1 heterocycles. The first-order valence-electron chi connectivity index (χ1n) is 5.03. The van der Waals surface area contributed by atoms with Crippen molar-refractivity contribution in [3.63, 3.8) is 0 Å². The molecule has 1 atom stereocenters. The van der Waals surface area contributed by atoms with Gasteiger partial charge in [0, 0.05) is 25.7 Å². The summed E-state index contributed by atoms with van der Waals surface area (Å²) in [5.41, 5.74) is 1.20. The first kappa shape index (κ1) is 11.2. The summed E-state index contributed by atoms with van der Waals surface area (Å²) in [4.78, 5) is 2.31. The molecule has 1 unspecified atom stereocenters. The highest BCUT2D eigenvalue weighted by atomic mass is 35.5. The van der Waals surface area contributed by atoms with Crippen LogP contribution in [0.1, 0.15) is 11.6 Å². The lowest BCUT2D eigenvalue weighted by molar-refractivity contribution is 0.241. The summed E-state index contributed by atoms with van der Waals surface area (Å²) in [7, 11) is 2.13. The zero-order valence-corrected chi connectivity index (χ0v) is 10.1. The molecule has 15 heavy (non-hydrogen) atoms. The van der Waals surface area contributed by atoms with Crippen molar-refractivity contribution in [3.8, 4) is 0 Å². The minimum Gasteiger partial charge on any atom is -0.308 e. The maximum atomic E-state index is 6.00. The monoisotopic (exact) mass is 244 g/mol. The first-order valence-corrected chi connectivity index (χ1v) is 5.79. The molecule has 0 radical (unpaired) electrons. The van der Waals surface area contributed by atoms with Crippen LogP contribution in [0.5, 0.6) is 0 Å². The highest BCUT2D eigenvalue weighted by Gasteiger charge is 2.18. The maximum absolute atomic E-state index is 6.00. The fourth-order valence-electron chi connectivity index (χ4n) is 1.85. The summed E-state index contributed by atoms with van der Waals surface area (Å²) in [6.07, 6.45) is 0. The predicted molar refractivity (Wildman–Crippen MR) is 64.7 cm³/mol. The van der Waals surface area contributed by atoms with Crippen LogP contribution in [0.3, 0.4) is 0 Å². The molecule has 2 nitrogen and oxygen atoms in total. The third kappa shape index (κ3) is 2.64. The van der Waals surface area contributed by atoms with Gasteiger partial charge in [0.2, 0.25) is 0 Å². The molecule has 1 aliphatic rings. The Morgan fingerprint density at radius 1 is 1.33 bits per heavy atom. The van der Waals surface area contributed by atoms with E-state index in [0.29, 0.717) is 16.1 Å². The molecule has 1 aliphatic heterocycles. The van der Waals surface area contributed by atoms with Crippen LogP contribution in [-0.4, -0.2) is 31.6 Å². The topological polar surface area (TPSA) is 15.3 Å². The van der Waals surface area contributed by atoms with Gasteiger partial charge < -0.3 is 10.2 Å². The summed E-state index contributed by atoms with van der Waals surface area (Å²) >= 11 is 11.9. The van der Waals surface area contributed by atoms with Gasteiger partial charge in [-0.05, 0) is 24.7 Å². The maximum Gasteiger partial charge on any atom is 0.0595 e. The molecule has 0 amide bonds. The second kappa shape index (κ2) is 4.71. The Morgan fingerprint density at radius 3 is 2.80 bits per heavy atom. The zero-order valence-electron chi connectivity index (χ0n) is 8.63. The van der Waals surface area contributed by atoms with Crippen LogP contribution < -0.4 is 5.32 Å². The van der Waals surface area contributed by atoms with Gasteiger partial charge in [-0.25, -0.2) is 0 Å². The predicted octanol–water partition coefficient (Wildman–Crippen LogP) is 2.57. The number of likely N-dealkylation sites (N-methyl/N-ethyl adjacent to an activating group) is 1. The lowest BCUT2D eigenvalue weighted by atomic mass is 10.1. The van der Waals surface area contributed by atoms with E-state index >= 15 is 0 Å². The number of piperazine rings is 1. The van der Waals surface area contributed by atoms with Crippen molar-refractivity contribution in [3.05, 3.63) is 33.8 Å². The summed E-state index contributed by atoms with van der Waals surface area (Å²) in [5, 5.41) is 4.71. The Bertz CT molecular complexity index is 354. The summed E-state index contributed by atoms with van der Waals surface area (Å²) in [6.45, 7) is 3.12. The van der Waals surface area contributed by atoms with E-state index in [1.807, 2.05) is 18.2 Å². The van der Waals surface area contributed by atoms with Crippen molar-refractivity contribution in [1.29, 1.82) is 0 Å². The number of hydrogen-bond acceptors (Lipinski definition) is 2. The minimum atomic E-state index is 0.360. The van der Waals surface area contributed by atoms with E-state index < -0.39 is 0 Å². The molecule has 2 rings (SSSR count). The van der Waals surface area contributed by atoms with Gasteiger partial charge in [0.25, 0.3) is 0 Å². The Kier molecular flexibility index (Phi) is 3.52. The SMILES string of the molecule is CN1CCNC(c2ccc(Cl)c(Cl)c2)C1. The number of nitrogens with one attached hydrogen (secondary N) is 1. The normalized spacial score (nSPS) is 23.0. The molecule has 0 aliphatic carbocycles. The van der Waals surface area contributed by atoms with Gasteiger partial charge in [-0.1, -0.05) is 29.3 Å². The average molecular weight is 245 g/mol. The van der Waals surface area contributed by atoms with E-state index in [2.05, 4.69) is 17.3 Å². The van der Waals surface area contributed by atoms with Crippen LogP contribution in [-0.2, 0) is 0 Å². The van der Waals surface area contributed by atoms with Crippen LogP contribution in [0.2, 0.25) is 10.0 Å². The summed E-state index contributed by atoms with van der Waals surface area (Å²) in [5.74, 6) is 0. The number of hydrogen-bond donors (Lipinski definition) is 1. The van der Waals surface area contributed by atoms with Crippen molar-refractivity contribution in [2.45, 2.75) is 6.04 Å². The van der Waals surface area contributed by atoms with Crippen LogP contribution >= 0.6 is 23.2 Å². The summed E-state index contributed by atoms with van der Waals surface area (Å²) in [6, 6.07) is 6.19. The third-order valence-corrected chi connectivity index (χ3v) is 3.46. The molecule has 0 aromatic heterocycles. The zero-order chi connectivity index (χ0) is 10.8. The highest BCUT2D eigenvalue weighted by Crippen LogP contribution is 2.26. The van der Waals surface area contributed by atoms with E-state index in [9.17, 15) is 0 Å². The van der Waals surface area contributed by atoms with E-state index in [-0.39, 0.29) is 0 Å². The molecule has 4 heteroatoms. The number of halogens is 2. The van der Waals surface area contributed by atoms with Crippen molar-refractivity contribution in [2.24, 2.45) is 0 Å². The van der Waals surface area contributed by atoms with E-state index in [4.69, 9.17) is 23.2 Å². The smallest absolute Gasteiger partial charge is 0.0595 e. The fourth-order valence-corrected chi connectivity index (χ4v) is 2.16. The van der Waals surface area contributed by atoms with Gasteiger partial charge in [0.05, 0.1) is 10.0 Å². The molecular weight excluding hydrogens is 231 g/mol. The lowest BCUT2D eigenvalue weighted by Gasteiger charge is -2.31. The average Bonchev–Trinajstić information content (AvgIpc) is 2.22. The lowest BCUT2D eigenvalue weighted by Crippen LogP contribution is -2.43. The van der Waals surface area contributed by atoms with Crippen molar-refractivity contribution in [1.82, 2.24) is 10.2 Å². The van der Waals surface area contributed by atoms with E-state index in [0.717, 1.165) is 19.6 Å². The molecule has 1 aromatic rings. The van der Waals surface area contributed by atoms with Gasteiger partial charge in [-0.3, -0.25) is 0 Å². The molecular formula is C11H14Cl2N2. The third-order valence-electron chi connectivity index (χ3n) is 2.72. The highest BCUT2D eigenvalue weighted by molar-refractivity contribution is 6.42. The van der Waals surface area contributed by atoms with Gasteiger partial charge >= 0.3 is 0 Å². The Balaban J connectivity index is 2.18. The van der Waals surface area contributed by atoms with Crippen LogP contribution in [0.4, 0.5) is 0 Å². The molecule has 82 valence electrons. The molecule has 0 saturated carbocycles. The van der Waals surface area contributed by atoms with Crippen molar-refractivity contribution < 1.29 is 0 Å². The van der Waals surface area contributed by atoms with Crippen molar-refractivity contribution >= 4 is 23.2 Å². The standard InChI is InChI=1S/C11H14Cl2N2/c1-15-5-4-14-11(7-15)8-2-3-9(12)10(13)6-8/h2-3,6,11,14H,4-5,7H2,1H3. The number of nitrogens with zero attached hydrogens (tertiary/aromatic N) is 1. The second-order valence-electron chi connectivity index (χ2n) is 3.94. The minimum absolute atomic E-state index is 0.360. The van der Waals surface area contributed by atoms with Gasteiger partial charge in [-0.2, -0.15) is 0 Å². The molecule has 1 aromatic carbocycles. The van der Waals surface area contributed by atoms with Crippen LogP contribution in [0, 0.1) is 0 Å². The first-order chi connectivity index (χ1) is 7.16. The van der Waals surface area contributed by atoms with Gasteiger partial charge in [-0.15, -0.1) is 0 Å². The van der Waals surface area contributed by atoms with Crippen molar-refractivity contribution in [2.75, 3.05) is 26.7 Å². The Morgan fingerprint density at radius 2 is 2.13 bits per heavy atom. The molecule has 1 saturated heterocycles. The van der Waals surface area contributed by atoms with E-state index in [1.54, 1.807) is 0 Å². The number of rotatable bonds is 1. The second-order valence-corrected chi connectivity index (χ2v) is 4.76.